The molecule has 3 aromatic rings. The van der Waals surface area contributed by atoms with Crippen molar-refractivity contribution in [3.8, 4) is 0 Å². The van der Waals surface area contributed by atoms with Crippen molar-refractivity contribution in [1.82, 2.24) is 4.57 Å². The van der Waals surface area contributed by atoms with Gasteiger partial charge in [0.15, 0.2) is 0 Å². The minimum Gasteiger partial charge on any atom is -0.341 e. The van der Waals surface area contributed by atoms with E-state index < -0.39 is 0 Å². The van der Waals surface area contributed by atoms with Gasteiger partial charge in [-0.1, -0.05) is 42.7 Å². The molecule has 0 aliphatic carbocycles. The predicted octanol–water partition coefficient (Wildman–Crippen LogP) is 2.85. The van der Waals surface area contributed by atoms with Crippen LogP contribution >= 0.6 is 0 Å². The Hall–Kier alpha value is -1.70. The lowest BCUT2D eigenvalue weighted by Crippen LogP contribution is -1.95. The lowest BCUT2D eigenvalue weighted by Gasteiger charge is -2.04. The fourth-order valence-corrected chi connectivity index (χ4v) is 2.47. The maximum absolute atomic E-state index is 2.42. The smallest absolute Gasteiger partial charge is 0.103 e. The lowest BCUT2D eigenvalue weighted by atomic mass is 10.1. The molecule has 78 valence electrons. The Morgan fingerprint density at radius 3 is 1.81 bits per heavy atom. The summed E-state index contributed by atoms with van der Waals surface area (Å²) >= 11 is 0. The molecule has 0 saturated carbocycles. The van der Waals surface area contributed by atoms with Gasteiger partial charge in [0.05, 0.1) is 0 Å². The average molecular weight is 207 g/mol. The zero-order valence-electron chi connectivity index (χ0n) is 9.48. The summed E-state index contributed by atoms with van der Waals surface area (Å²) in [6, 6.07) is 17.3. The first-order valence-corrected chi connectivity index (χ1v) is 5.88. The molecule has 3 rings (SSSR count). The van der Waals surface area contributed by atoms with Gasteiger partial charge in [-0.3, -0.25) is 0 Å². The van der Waals surface area contributed by atoms with Crippen molar-refractivity contribution in [2.45, 2.75) is 12.9 Å². The second kappa shape index (κ2) is 3.71. The topological polar surface area (TPSA) is 4.93 Å². The highest BCUT2D eigenvalue weighted by molar-refractivity contribution is 6.10. The Morgan fingerprint density at radius 1 is 0.812 bits per heavy atom. The van der Waals surface area contributed by atoms with Crippen LogP contribution in [-0.2, 0) is 6.54 Å². The number of hydrogen-bond acceptors (Lipinski definition) is 0. The summed E-state index contributed by atoms with van der Waals surface area (Å²) in [4.78, 5) is 0. The van der Waals surface area contributed by atoms with E-state index in [0.29, 0.717) is 0 Å². The van der Waals surface area contributed by atoms with E-state index >= 15 is 0 Å². The number of fused-ring (bicyclic) bond motifs is 3. The molecule has 2 heteroatoms. The van der Waals surface area contributed by atoms with Crippen LogP contribution in [0.1, 0.15) is 0 Å². The van der Waals surface area contributed by atoms with Gasteiger partial charge in [-0.25, -0.2) is 0 Å². The average Bonchev–Trinajstić information content (AvgIpc) is 2.66. The van der Waals surface area contributed by atoms with Crippen LogP contribution in [-0.4, -0.2) is 12.4 Å². The molecule has 1 aromatic heterocycles. The number of nitrogens with zero attached hydrogens (tertiary/aromatic N) is 1. The summed E-state index contributed by atoms with van der Waals surface area (Å²) in [6.45, 7) is 1.09. The predicted molar refractivity (Wildman–Crippen MR) is 72.8 cm³/mol. The molecule has 0 aliphatic heterocycles. The van der Waals surface area contributed by atoms with Crippen molar-refractivity contribution < 1.29 is 0 Å². The third-order valence-electron chi connectivity index (χ3n) is 3.13. The molecule has 1 heterocycles. The van der Waals surface area contributed by atoms with Gasteiger partial charge in [-0.05, 0) is 12.1 Å². The van der Waals surface area contributed by atoms with Crippen LogP contribution in [0, 0.1) is 0 Å². The number of aromatic nitrogens is 1. The fourth-order valence-electron chi connectivity index (χ4n) is 2.47. The Balaban J connectivity index is 2.49. The Labute approximate surface area is 96.1 Å². The SMILES string of the molecule is BCCn1c2ccccc2c2ccccc21. The second-order valence-electron chi connectivity index (χ2n) is 4.19. The highest BCUT2D eigenvalue weighted by Crippen LogP contribution is 2.28. The van der Waals surface area contributed by atoms with E-state index in [4.69, 9.17) is 0 Å². The molecule has 0 saturated heterocycles. The second-order valence-corrected chi connectivity index (χ2v) is 4.19. The molecule has 0 N–H and O–H groups in total. The van der Waals surface area contributed by atoms with E-state index in [1.54, 1.807) is 0 Å². The zero-order valence-corrected chi connectivity index (χ0v) is 9.48. The minimum absolute atomic E-state index is 1.09. The van der Waals surface area contributed by atoms with E-state index in [1.165, 1.54) is 28.1 Å². The lowest BCUT2D eigenvalue weighted by molar-refractivity contribution is 0.825. The van der Waals surface area contributed by atoms with Crippen LogP contribution in [0.4, 0.5) is 0 Å². The fraction of sp³-hybridized carbons (Fsp3) is 0.143. The highest BCUT2D eigenvalue weighted by atomic mass is 15.0. The molecular formula is C14H14BN. The van der Waals surface area contributed by atoms with E-state index in [9.17, 15) is 0 Å². The Morgan fingerprint density at radius 2 is 1.31 bits per heavy atom. The van der Waals surface area contributed by atoms with Crippen LogP contribution in [0.3, 0.4) is 0 Å². The molecule has 0 fully saturated rings. The summed E-state index contributed by atoms with van der Waals surface area (Å²) in [6.07, 6.45) is 1.17. The summed E-state index contributed by atoms with van der Waals surface area (Å²) in [5, 5.41) is 2.73. The van der Waals surface area contributed by atoms with Gasteiger partial charge in [0.25, 0.3) is 0 Å². The molecule has 0 unspecified atom stereocenters. The van der Waals surface area contributed by atoms with E-state index in [0.717, 1.165) is 6.54 Å². The van der Waals surface area contributed by atoms with Gasteiger partial charge in [0.2, 0.25) is 0 Å². The van der Waals surface area contributed by atoms with Gasteiger partial charge in [0.1, 0.15) is 7.85 Å². The molecule has 1 nitrogen and oxygen atoms in total. The van der Waals surface area contributed by atoms with Gasteiger partial charge in [-0.2, -0.15) is 0 Å². The van der Waals surface area contributed by atoms with Crippen molar-refractivity contribution in [3.05, 3.63) is 48.5 Å². The number of para-hydroxylation sites is 2. The Kier molecular flexibility index (Phi) is 2.21. The van der Waals surface area contributed by atoms with Gasteiger partial charge >= 0.3 is 0 Å². The normalized spacial score (nSPS) is 11.2. The molecule has 0 atom stereocenters. The van der Waals surface area contributed by atoms with Crippen molar-refractivity contribution in [3.63, 3.8) is 0 Å². The van der Waals surface area contributed by atoms with Gasteiger partial charge in [-0.15, -0.1) is 0 Å². The number of rotatable bonds is 2. The third kappa shape index (κ3) is 1.26. The third-order valence-corrected chi connectivity index (χ3v) is 3.13. The van der Waals surface area contributed by atoms with Crippen LogP contribution in [0.5, 0.6) is 0 Å². The number of hydrogen-bond donors (Lipinski definition) is 0. The summed E-state index contributed by atoms with van der Waals surface area (Å²) in [5.74, 6) is 0. The molecule has 0 amide bonds. The molecule has 0 bridgehead atoms. The van der Waals surface area contributed by atoms with Gasteiger partial charge in [0, 0.05) is 28.4 Å². The molecular weight excluding hydrogens is 193 g/mol. The minimum atomic E-state index is 1.09. The summed E-state index contributed by atoms with van der Waals surface area (Å²) < 4.78 is 2.42. The van der Waals surface area contributed by atoms with Crippen molar-refractivity contribution in [1.29, 1.82) is 0 Å². The molecule has 2 aromatic carbocycles. The van der Waals surface area contributed by atoms with E-state index in [-0.39, 0.29) is 0 Å². The first-order chi connectivity index (χ1) is 7.92. The van der Waals surface area contributed by atoms with Crippen molar-refractivity contribution in [2.75, 3.05) is 0 Å². The maximum atomic E-state index is 2.42. The summed E-state index contributed by atoms with van der Waals surface area (Å²) in [7, 11) is 2.23. The molecule has 0 aliphatic rings. The Bertz CT molecular complexity index is 586. The first-order valence-electron chi connectivity index (χ1n) is 5.88. The zero-order chi connectivity index (χ0) is 11.0. The first kappa shape index (κ1) is 9.53. The van der Waals surface area contributed by atoms with Gasteiger partial charge < -0.3 is 4.57 Å². The van der Waals surface area contributed by atoms with Crippen LogP contribution in [0.2, 0.25) is 6.32 Å². The van der Waals surface area contributed by atoms with E-state index in [1.807, 2.05) is 0 Å². The number of aryl methyl sites for hydroxylation is 1. The quantitative estimate of drug-likeness (QED) is 0.569. The monoisotopic (exact) mass is 207 g/mol. The molecule has 0 radical (unpaired) electrons. The van der Waals surface area contributed by atoms with E-state index in [2.05, 4.69) is 60.9 Å². The summed E-state index contributed by atoms with van der Waals surface area (Å²) in [5.41, 5.74) is 2.70. The molecule has 0 spiro atoms. The van der Waals surface area contributed by atoms with Crippen LogP contribution < -0.4 is 0 Å². The van der Waals surface area contributed by atoms with Crippen LogP contribution in [0.15, 0.2) is 48.5 Å². The van der Waals surface area contributed by atoms with Crippen molar-refractivity contribution in [2.24, 2.45) is 0 Å². The van der Waals surface area contributed by atoms with Crippen molar-refractivity contribution >= 4 is 29.7 Å². The molecule has 16 heavy (non-hydrogen) atoms. The van der Waals surface area contributed by atoms with Crippen LogP contribution in [0.25, 0.3) is 21.8 Å². The largest absolute Gasteiger partial charge is 0.341 e. The maximum Gasteiger partial charge on any atom is 0.103 e. The number of benzene rings is 2. The standard InChI is InChI=1S/C14H14BN/c15-9-10-16-13-7-3-1-5-11(13)12-6-2-4-8-14(12)16/h1-8H,9-10,15H2. The highest BCUT2D eigenvalue weighted by Gasteiger charge is 2.07.